The van der Waals surface area contributed by atoms with Gasteiger partial charge in [-0.3, -0.25) is 9.48 Å². The van der Waals surface area contributed by atoms with Crippen LogP contribution >= 0.6 is 0 Å². The predicted octanol–water partition coefficient (Wildman–Crippen LogP) is 2.85. The SMILES string of the molecule is Cc1cc2cc(NC(=O)c3ccn(C4CCCNC4)n3)ccc2[nH]1. The molecule has 3 N–H and O–H groups in total. The van der Waals surface area contributed by atoms with Crippen molar-refractivity contribution in [3.8, 4) is 0 Å². The molecule has 0 saturated carbocycles. The van der Waals surface area contributed by atoms with Crippen LogP contribution in [0.4, 0.5) is 5.69 Å². The van der Waals surface area contributed by atoms with Crippen molar-refractivity contribution < 1.29 is 4.79 Å². The molecule has 124 valence electrons. The van der Waals surface area contributed by atoms with E-state index in [4.69, 9.17) is 0 Å². The average Bonchev–Trinajstić information content (AvgIpc) is 3.21. The topological polar surface area (TPSA) is 74.7 Å². The molecule has 2 aromatic heterocycles. The molecule has 3 aromatic rings. The fourth-order valence-corrected chi connectivity index (χ4v) is 3.27. The molecule has 4 rings (SSSR count). The second kappa shape index (κ2) is 6.13. The number of aromatic nitrogens is 3. The van der Waals surface area contributed by atoms with E-state index in [0.717, 1.165) is 48.2 Å². The van der Waals surface area contributed by atoms with Crippen LogP contribution in [0.3, 0.4) is 0 Å². The van der Waals surface area contributed by atoms with Crippen LogP contribution in [-0.2, 0) is 0 Å². The maximum absolute atomic E-state index is 12.4. The van der Waals surface area contributed by atoms with E-state index < -0.39 is 0 Å². The number of nitrogens with one attached hydrogen (secondary N) is 3. The highest BCUT2D eigenvalue weighted by Gasteiger charge is 2.17. The summed E-state index contributed by atoms with van der Waals surface area (Å²) in [5.41, 5.74) is 3.40. The number of aromatic amines is 1. The zero-order valence-corrected chi connectivity index (χ0v) is 13.7. The Morgan fingerprint density at radius 1 is 1.33 bits per heavy atom. The van der Waals surface area contributed by atoms with Crippen LogP contribution in [-0.4, -0.2) is 33.8 Å². The third-order valence-electron chi connectivity index (χ3n) is 4.50. The van der Waals surface area contributed by atoms with Gasteiger partial charge in [-0.25, -0.2) is 0 Å². The van der Waals surface area contributed by atoms with E-state index in [-0.39, 0.29) is 5.91 Å². The molecule has 6 nitrogen and oxygen atoms in total. The normalized spacial score (nSPS) is 18.0. The smallest absolute Gasteiger partial charge is 0.276 e. The molecule has 1 aliphatic heterocycles. The van der Waals surface area contributed by atoms with Crippen LogP contribution in [0.2, 0.25) is 0 Å². The number of benzene rings is 1. The van der Waals surface area contributed by atoms with Crippen molar-refractivity contribution in [1.82, 2.24) is 20.1 Å². The summed E-state index contributed by atoms with van der Waals surface area (Å²) in [4.78, 5) is 15.7. The van der Waals surface area contributed by atoms with Crippen molar-refractivity contribution in [1.29, 1.82) is 0 Å². The van der Waals surface area contributed by atoms with Crippen LogP contribution in [0.1, 0.15) is 35.1 Å². The number of amides is 1. The molecule has 0 radical (unpaired) electrons. The minimum Gasteiger partial charge on any atom is -0.359 e. The molecule has 0 aliphatic carbocycles. The third kappa shape index (κ3) is 2.92. The Balaban J connectivity index is 1.49. The summed E-state index contributed by atoms with van der Waals surface area (Å²) < 4.78 is 1.90. The molecule has 1 atom stereocenters. The minimum atomic E-state index is -0.177. The van der Waals surface area contributed by atoms with Crippen molar-refractivity contribution in [2.45, 2.75) is 25.8 Å². The zero-order chi connectivity index (χ0) is 16.5. The number of rotatable bonds is 3. The number of anilines is 1. The molecule has 1 saturated heterocycles. The van der Waals surface area contributed by atoms with Gasteiger partial charge in [-0.2, -0.15) is 5.10 Å². The highest BCUT2D eigenvalue weighted by molar-refractivity contribution is 6.03. The quantitative estimate of drug-likeness (QED) is 0.694. The van der Waals surface area contributed by atoms with E-state index >= 15 is 0 Å². The van der Waals surface area contributed by atoms with E-state index in [1.165, 1.54) is 0 Å². The number of H-pyrrole nitrogens is 1. The molecule has 24 heavy (non-hydrogen) atoms. The number of carbonyl (C=O) groups is 1. The van der Waals surface area contributed by atoms with Crippen molar-refractivity contribution in [3.63, 3.8) is 0 Å². The highest BCUT2D eigenvalue weighted by Crippen LogP contribution is 2.21. The van der Waals surface area contributed by atoms with E-state index in [0.29, 0.717) is 11.7 Å². The van der Waals surface area contributed by atoms with Crippen LogP contribution in [0.15, 0.2) is 36.5 Å². The van der Waals surface area contributed by atoms with Crippen LogP contribution < -0.4 is 10.6 Å². The minimum absolute atomic E-state index is 0.177. The van der Waals surface area contributed by atoms with Crippen LogP contribution in [0.5, 0.6) is 0 Å². The number of aryl methyl sites for hydroxylation is 1. The lowest BCUT2D eigenvalue weighted by atomic mass is 10.1. The summed E-state index contributed by atoms with van der Waals surface area (Å²) in [7, 11) is 0. The Bertz CT molecular complexity index is 873. The van der Waals surface area contributed by atoms with Crippen LogP contribution in [0, 0.1) is 6.92 Å². The maximum atomic E-state index is 12.4. The van der Waals surface area contributed by atoms with Gasteiger partial charge in [0.25, 0.3) is 5.91 Å². The van der Waals surface area contributed by atoms with Crippen molar-refractivity contribution in [2.75, 3.05) is 18.4 Å². The first kappa shape index (κ1) is 15.0. The molecule has 1 aromatic carbocycles. The number of piperidine rings is 1. The first-order valence-electron chi connectivity index (χ1n) is 8.36. The number of nitrogens with zero attached hydrogens (tertiary/aromatic N) is 2. The van der Waals surface area contributed by atoms with Gasteiger partial charge >= 0.3 is 0 Å². The Morgan fingerprint density at radius 2 is 2.25 bits per heavy atom. The highest BCUT2D eigenvalue weighted by atomic mass is 16.1. The first-order valence-corrected chi connectivity index (χ1v) is 8.36. The van der Waals surface area contributed by atoms with Gasteiger partial charge in [-0.1, -0.05) is 0 Å². The van der Waals surface area contributed by atoms with Crippen molar-refractivity contribution >= 4 is 22.5 Å². The number of hydrogen-bond donors (Lipinski definition) is 3. The van der Waals surface area contributed by atoms with E-state index in [9.17, 15) is 4.79 Å². The zero-order valence-electron chi connectivity index (χ0n) is 13.7. The molecule has 3 heterocycles. The lowest BCUT2D eigenvalue weighted by molar-refractivity contribution is 0.102. The second-order valence-corrected chi connectivity index (χ2v) is 6.39. The molecule has 1 amide bonds. The summed E-state index contributed by atoms with van der Waals surface area (Å²) in [5.74, 6) is -0.177. The fraction of sp³-hybridized carbons (Fsp3) is 0.333. The predicted molar refractivity (Wildman–Crippen MR) is 94.4 cm³/mol. The van der Waals surface area contributed by atoms with Gasteiger partial charge in [0, 0.05) is 35.0 Å². The van der Waals surface area contributed by atoms with Gasteiger partial charge in [-0.05, 0) is 56.6 Å². The number of hydrogen-bond acceptors (Lipinski definition) is 3. The van der Waals surface area contributed by atoms with E-state index in [2.05, 4.69) is 26.8 Å². The Morgan fingerprint density at radius 3 is 3.08 bits per heavy atom. The maximum Gasteiger partial charge on any atom is 0.276 e. The number of carbonyl (C=O) groups excluding carboxylic acids is 1. The van der Waals surface area contributed by atoms with Crippen molar-refractivity contribution in [3.05, 3.63) is 47.9 Å². The van der Waals surface area contributed by atoms with Gasteiger partial charge in [0.2, 0.25) is 0 Å². The molecule has 6 heteroatoms. The molecular formula is C18H21N5O. The summed E-state index contributed by atoms with van der Waals surface area (Å²) in [6.07, 6.45) is 4.13. The Labute approximate surface area is 140 Å². The molecule has 1 unspecified atom stereocenters. The van der Waals surface area contributed by atoms with Crippen LogP contribution in [0.25, 0.3) is 10.9 Å². The largest absolute Gasteiger partial charge is 0.359 e. The van der Waals surface area contributed by atoms with Gasteiger partial charge in [0.05, 0.1) is 6.04 Å². The van der Waals surface area contributed by atoms with E-state index in [1.54, 1.807) is 6.07 Å². The first-order chi connectivity index (χ1) is 11.7. The molecule has 0 spiro atoms. The van der Waals surface area contributed by atoms with Gasteiger partial charge in [0.1, 0.15) is 0 Å². The Hall–Kier alpha value is -2.60. The lowest BCUT2D eigenvalue weighted by Gasteiger charge is -2.22. The molecule has 1 fully saturated rings. The summed E-state index contributed by atoms with van der Waals surface area (Å²) in [6, 6.07) is 10.0. The standard InChI is InChI=1S/C18H21N5O/c1-12-9-13-10-14(4-5-16(13)20-12)21-18(24)17-6-8-23(22-17)15-3-2-7-19-11-15/h4-6,8-10,15,19-20H,2-3,7,11H2,1H3,(H,21,24). The van der Waals surface area contributed by atoms with Gasteiger partial charge in [0.15, 0.2) is 5.69 Å². The van der Waals surface area contributed by atoms with Crippen molar-refractivity contribution in [2.24, 2.45) is 0 Å². The summed E-state index contributed by atoms with van der Waals surface area (Å²) in [6.45, 7) is 3.99. The molecular weight excluding hydrogens is 302 g/mol. The summed E-state index contributed by atoms with van der Waals surface area (Å²) in [5, 5.41) is 11.8. The number of fused-ring (bicyclic) bond motifs is 1. The second-order valence-electron chi connectivity index (χ2n) is 6.39. The fourth-order valence-electron chi connectivity index (χ4n) is 3.27. The lowest BCUT2D eigenvalue weighted by Crippen LogP contribution is -2.32. The van der Waals surface area contributed by atoms with E-state index in [1.807, 2.05) is 36.0 Å². The monoisotopic (exact) mass is 323 g/mol. The Kier molecular flexibility index (Phi) is 3.82. The molecule has 0 bridgehead atoms. The average molecular weight is 323 g/mol. The van der Waals surface area contributed by atoms with Gasteiger partial charge < -0.3 is 15.6 Å². The molecule has 1 aliphatic rings. The third-order valence-corrected chi connectivity index (χ3v) is 4.50. The summed E-state index contributed by atoms with van der Waals surface area (Å²) >= 11 is 0. The van der Waals surface area contributed by atoms with Gasteiger partial charge in [-0.15, -0.1) is 0 Å².